The number of benzene rings is 1. The van der Waals surface area contributed by atoms with E-state index in [1.54, 1.807) is 16.8 Å². The number of rotatable bonds is 5. The highest BCUT2D eigenvalue weighted by Crippen LogP contribution is 2.21. The molecule has 146 valence electrons. The SMILES string of the molecule is Cc1ccc(C)c(OCCN(C)C(=O)NC2CC3C(=O)NCC(=O)N3C2)c1. The van der Waals surface area contributed by atoms with Crippen LogP contribution in [0.3, 0.4) is 0 Å². The topological polar surface area (TPSA) is 91.0 Å². The smallest absolute Gasteiger partial charge is 0.317 e. The number of hydrogen-bond donors (Lipinski definition) is 2. The van der Waals surface area contributed by atoms with Crippen LogP contribution >= 0.6 is 0 Å². The van der Waals surface area contributed by atoms with Crippen molar-refractivity contribution < 1.29 is 19.1 Å². The summed E-state index contributed by atoms with van der Waals surface area (Å²) in [7, 11) is 1.70. The van der Waals surface area contributed by atoms with E-state index in [1.807, 2.05) is 32.0 Å². The summed E-state index contributed by atoms with van der Waals surface area (Å²) in [5, 5.41) is 5.48. The van der Waals surface area contributed by atoms with Gasteiger partial charge < -0.3 is 25.2 Å². The first-order valence-corrected chi connectivity index (χ1v) is 9.14. The van der Waals surface area contributed by atoms with Gasteiger partial charge in [0.1, 0.15) is 18.4 Å². The molecule has 8 heteroatoms. The quantitative estimate of drug-likeness (QED) is 0.782. The van der Waals surface area contributed by atoms with Crippen LogP contribution in [-0.2, 0) is 9.59 Å². The first-order valence-electron chi connectivity index (χ1n) is 9.14. The first-order chi connectivity index (χ1) is 12.8. The van der Waals surface area contributed by atoms with E-state index < -0.39 is 6.04 Å². The Morgan fingerprint density at radius 2 is 2.15 bits per heavy atom. The van der Waals surface area contributed by atoms with E-state index in [9.17, 15) is 14.4 Å². The van der Waals surface area contributed by atoms with Crippen LogP contribution in [-0.4, -0.2) is 73.0 Å². The lowest BCUT2D eigenvalue weighted by Gasteiger charge is -2.28. The van der Waals surface area contributed by atoms with Crippen LogP contribution in [0.2, 0.25) is 0 Å². The van der Waals surface area contributed by atoms with Crippen molar-refractivity contribution in [1.29, 1.82) is 0 Å². The molecule has 4 amide bonds. The number of ether oxygens (including phenoxy) is 1. The second-order valence-electron chi connectivity index (χ2n) is 7.20. The largest absolute Gasteiger partial charge is 0.491 e. The van der Waals surface area contributed by atoms with Crippen molar-refractivity contribution in [2.75, 3.05) is 33.3 Å². The molecule has 2 atom stereocenters. The van der Waals surface area contributed by atoms with E-state index in [0.717, 1.165) is 16.9 Å². The zero-order valence-electron chi connectivity index (χ0n) is 15.9. The normalized spacial score (nSPS) is 21.5. The van der Waals surface area contributed by atoms with Gasteiger partial charge in [-0.05, 0) is 37.5 Å². The Morgan fingerprint density at radius 3 is 2.89 bits per heavy atom. The van der Waals surface area contributed by atoms with Crippen LogP contribution in [0.1, 0.15) is 17.5 Å². The molecule has 2 saturated heterocycles. The number of carbonyl (C=O) groups excluding carboxylic acids is 3. The van der Waals surface area contributed by atoms with Crippen LogP contribution in [0, 0.1) is 13.8 Å². The molecule has 8 nitrogen and oxygen atoms in total. The summed E-state index contributed by atoms with van der Waals surface area (Å²) in [6, 6.07) is 5.08. The summed E-state index contributed by atoms with van der Waals surface area (Å²) in [5.74, 6) is 0.564. The maximum absolute atomic E-state index is 12.4. The Bertz CT molecular complexity index is 727. The minimum absolute atomic E-state index is 0.0334. The second-order valence-corrected chi connectivity index (χ2v) is 7.20. The number of aryl methyl sites for hydroxylation is 2. The molecule has 3 rings (SSSR count). The number of piperazine rings is 1. The molecule has 2 aliphatic heterocycles. The Kier molecular flexibility index (Phi) is 5.53. The molecule has 0 aromatic heterocycles. The molecule has 0 radical (unpaired) electrons. The van der Waals surface area contributed by atoms with E-state index in [1.165, 1.54) is 0 Å². The fraction of sp³-hybridized carbons (Fsp3) is 0.526. The highest BCUT2D eigenvalue weighted by atomic mass is 16.5. The van der Waals surface area contributed by atoms with E-state index in [2.05, 4.69) is 10.6 Å². The molecule has 1 aromatic carbocycles. The van der Waals surface area contributed by atoms with E-state index in [-0.39, 0.29) is 30.4 Å². The number of nitrogens with zero attached hydrogens (tertiary/aromatic N) is 2. The van der Waals surface area contributed by atoms with Gasteiger partial charge in [-0.15, -0.1) is 0 Å². The molecular weight excluding hydrogens is 348 g/mol. The second kappa shape index (κ2) is 7.85. The third-order valence-corrected chi connectivity index (χ3v) is 5.04. The Balaban J connectivity index is 1.46. The van der Waals surface area contributed by atoms with Gasteiger partial charge in [0.25, 0.3) is 0 Å². The number of carbonyl (C=O) groups is 3. The van der Waals surface area contributed by atoms with E-state index in [0.29, 0.717) is 26.1 Å². The van der Waals surface area contributed by atoms with E-state index in [4.69, 9.17) is 4.74 Å². The number of likely N-dealkylation sites (N-methyl/N-ethyl adjacent to an activating group) is 1. The number of nitrogens with one attached hydrogen (secondary N) is 2. The summed E-state index contributed by atoms with van der Waals surface area (Å²) < 4.78 is 5.79. The van der Waals surface area contributed by atoms with Crippen LogP contribution < -0.4 is 15.4 Å². The molecule has 2 N–H and O–H groups in total. The van der Waals surface area contributed by atoms with Gasteiger partial charge in [-0.1, -0.05) is 12.1 Å². The van der Waals surface area contributed by atoms with Crippen molar-refractivity contribution in [3.8, 4) is 5.75 Å². The van der Waals surface area contributed by atoms with Crippen molar-refractivity contribution in [2.45, 2.75) is 32.4 Å². The Hall–Kier alpha value is -2.77. The minimum atomic E-state index is -0.477. The predicted molar refractivity (Wildman–Crippen MR) is 99.5 cm³/mol. The summed E-state index contributed by atoms with van der Waals surface area (Å²) in [6.07, 6.45) is 0.441. The van der Waals surface area contributed by atoms with Crippen molar-refractivity contribution in [2.24, 2.45) is 0 Å². The lowest BCUT2D eigenvalue weighted by molar-refractivity contribution is -0.143. The van der Waals surface area contributed by atoms with Gasteiger partial charge in [-0.3, -0.25) is 9.59 Å². The van der Waals surface area contributed by atoms with Gasteiger partial charge in [-0.25, -0.2) is 4.79 Å². The fourth-order valence-electron chi connectivity index (χ4n) is 3.39. The number of hydrogen-bond acceptors (Lipinski definition) is 4. The van der Waals surface area contributed by atoms with Gasteiger partial charge in [0.15, 0.2) is 0 Å². The predicted octanol–water partition coefficient (Wildman–Crippen LogP) is 0.423. The highest BCUT2D eigenvalue weighted by molar-refractivity contribution is 5.95. The monoisotopic (exact) mass is 374 g/mol. The van der Waals surface area contributed by atoms with Crippen LogP contribution in [0.4, 0.5) is 4.79 Å². The third kappa shape index (κ3) is 4.32. The molecule has 0 bridgehead atoms. The van der Waals surface area contributed by atoms with E-state index >= 15 is 0 Å². The Labute approximate surface area is 158 Å². The van der Waals surface area contributed by atoms with Crippen molar-refractivity contribution in [3.05, 3.63) is 29.3 Å². The molecule has 0 saturated carbocycles. The fourth-order valence-corrected chi connectivity index (χ4v) is 3.39. The molecule has 2 heterocycles. The maximum atomic E-state index is 12.4. The first kappa shape index (κ1) is 19.0. The minimum Gasteiger partial charge on any atom is -0.491 e. The zero-order chi connectivity index (χ0) is 19.6. The number of fused-ring (bicyclic) bond motifs is 1. The highest BCUT2D eigenvalue weighted by Gasteiger charge is 2.42. The van der Waals surface area contributed by atoms with Crippen LogP contribution in [0.15, 0.2) is 18.2 Å². The van der Waals surface area contributed by atoms with Gasteiger partial charge in [0.2, 0.25) is 11.8 Å². The lowest BCUT2D eigenvalue weighted by atomic mass is 10.1. The van der Waals surface area contributed by atoms with Gasteiger partial charge in [-0.2, -0.15) is 0 Å². The molecule has 27 heavy (non-hydrogen) atoms. The van der Waals surface area contributed by atoms with Crippen molar-refractivity contribution in [3.63, 3.8) is 0 Å². The number of amides is 4. The number of urea groups is 1. The molecule has 0 spiro atoms. The molecule has 2 unspecified atom stereocenters. The summed E-state index contributed by atoms with van der Waals surface area (Å²) >= 11 is 0. The molecule has 0 aliphatic carbocycles. The molecule has 2 fully saturated rings. The summed E-state index contributed by atoms with van der Waals surface area (Å²) in [4.78, 5) is 39.2. The van der Waals surface area contributed by atoms with Gasteiger partial charge >= 0.3 is 6.03 Å². The summed E-state index contributed by atoms with van der Waals surface area (Å²) in [5.41, 5.74) is 2.18. The average molecular weight is 374 g/mol. The van der Waals surface area contributed by atoms with Crippen LogP contribution in [0.25, 0.3) is 0 Å². The van der Waals surface area contributed by atoms with Gasteiger partial charge in [0, 0.05) is 13.6 Å². The Morgan fingerprint density at radius 1 is 1.37 bits per heavy atom. The standard InChI is InChI=1S/C19H26N4O4/c1-12-4-5-13(2)16(8-12)27-7-6-22(3)19(26)21-14-9-15-18(25)20-10-17(24)23(15)11-14/h4-5,8,14-15H,6-7,9-11H2,1-3H3,(H,20,25)(H,21,26). The average Bonchev–Trinajstić information content (AvgIpc) is 3.06. The molecule has 2 aliphatic rings. The zero-order valence-corrected chi connectivity index (χ0v) is 15.9. The molecule has 1 aromatic rings. The van der Waals surface area contributed by atoms with Crippen molar-refractivity contribution >= 4 is 17.8 Å². The third-order valence-electron chi connectivity index (χ3n) is 5.04. The van der Waals surface area contributed by atoms with Crippen LogP contribution in [0.5, 0.6) is 5.75 Å². The molecular formula is C19H26N4O4. The van der Waals surface area contributed by atoms with Gasteiger partial charge in [0.05, 0.1) is 19.1 Å². The summed E-state index contributed by atoms with van der Waals surface area (Å²) in [6.45, 7) is 5.21. The lowest BCUT2D eigenvalue weighted by Crippen LogP contribution is -2.55. The van der Waals surface area contributed by atoms with Crippen molar-refractivity contribution in [1.82, 2.24) is 20.4 Å². The maximum Gasteiger partial charge on any atom is 0.317 e.